The van der Waals surface area contributed by atoms with Crippen molar-refractivity contribution in [2.45, 2.75) is 13.3 Å². The molecule has 2 aromatic rings. The minimum absolute atomic E-state index is 0.188. The molecule has 0 aliphatic rings. The van der Waals surface area contributed by atoms with Gasteiger partial charge >= 0.3 is 5.97 Å². The fraction of sp³-hybridized carbons (Fsp3) is 0.308. The van der Waals surface area contributed by atoms with Crippen LogP contribution < -0.4 is 10.1 Å². The van der Waals surface area contributed by atoms with Crippen LogP contribution in [0.5, 0.6) is 5.75 Å². The highest BCUT2D eigenvalue weighted by Gasteiger charge is 2.11. The number of anilines is 1. The van der Waals surface area contributed by atoms with Crippen LogP contribution in [-0.4, -0.2) is 34.9 Å². The SMILES string of the molecule is COc1ccc(C(=O)O)c(NCCc2nc(C)no2)c1. The van der Waals surface area contributed by atoms with Gasteiger partial charge in [0.2, 0.25) is 5.89 Å². The summed E-state index contributed by atoms with van der Waals surface area (Å²) in [5, 5.41) is 15.9. The van der Waals surface area contributed by atoms with Crippen LogP contribution in [0, 0.1) is 6.92 Å². The van der Waals surface area contributed by atoms with Crippen molar-refractivity contribution in [3.8, 4) is 5.75 Å². The Hall–Kier alpha value is -2.57. The van der Waals surface area contributed by atoms with E-state index in [0.29, 0.717) is 36.1 Å². The Kier molecular flexibility index (Phi) is 4.19. The number of carboxylic acids is 1. The molecule has 7 nitrogen and oxygen atoms in total. The molecule has 0 saturated carbocycles. The second-order valence-electron chi connectivity index (χ2n) is 4.13. The molecule has 0 bridgehead atoms. The Morgan fingerprint density at radius 3 is 2.90 bits per heavy atom. The maximum Gasteiger partial charge on any atom is 0.337 e. The molecule has 0 fully saturated rings. The lowest BCUT2D eigenvalue weighted by Gasteiger charge is -2.10. The highest BCUT2D eigenvalue weighted by atomic mass is 16.5. The Labute approximate surface area is 115 Å². The van der Waals surface area contributed by atoms with Gasteiger partial charge in [-0.05, 0) is 19.1 Å². The van der Waals surface area contributed by atoms with Crippen LogP contribution in [-0.2, 0) is 6.42 Å². The van der Waals surface area contributed by atoms with Crippen molar-refractivity contribution < 1.29 is 19.2 Å². The van der Waals surface area contributed by atoms with Gasteiger partial charge in [0, 0.05) is 19.0 Å². The number of aromatic carboxylic acids is 1. The maximum absolute atomic E-state index is 11.1. The molecular weight excluding hydrogens is 262 g/mol. The van der Waals surface area contributed by atoms with Crippen molar-refractivity contribution in [3.05, 3.63) is 35.5 Å². The third kappa shape index (κ3) is 3.25. The number of benzene rings is 1. The summed E-state index contributed by atoms with van der Waals surface area (Å²) in [6, 6.07) is 4.75. The second kappa shape index (κ2) is 6.05. The highest BCUT2D eigenvalue weighted by molar-refractivity contribution is 5.94. The highest BCUT2D eigenvalue weighted by Crippen LogP contribution is 2.22. The third-order valence-electron chi connectivity index (χ3n) is 2.68. The standard InChI is InChI=1S/C13H15N3O4/c1-8-15-12(20-16-8)5-6-14-11-7-9(19-2)3-4-10(11)13(17)18/h3-4,7,14H,5-6H2,1-2H3,(H,17,18). The zero-order valence-corrected chi connectivity index (χ0v) is 11.2. The summed E-state index contributed by atoms with van der Waals surface area (Å²) in [5.74, 6) is 0.678. The van der Waals surface area contributed by atoms with E-state index in [-0.39, 0.29) is 5.56 Å². The lowest BCUT2D eigenvalue weighted by molar-refractivity contribution is 0.0698. The van der Waals surface area contributed by atoms with Gasteiger partial charge in [-0.3, -0.25) is 0 Å². The zero-order chi connectivity index (χ0) is 14.5. The normalized spacial score (nSPS) is 10.3. The molecule has 0 atom stereocenters. The van der Waals surface area contributed by atoms with Gasteiger partial charge in [-0.25, -0.2) is 4.79 Å². The first kappa shape index (κ1) is 13.9. The van der Waals surface area contributed by atoms with E-state index in [9.17, 15) is 4.79 Å². The predicted octanol–water partition coefficient (Wildman–Crippen LogP) is 1.74. The molecule has 0 unspecified atom stereocenters. The lowest BCUT2D eigenvalue weighted by Crippen LogP contribution is -2.10. The van der Waals surface area contributed by atoms with Crippen LogP contribution in [0.25, 0.3) is 0 Å². The summed E-state index contributed by atoms with van der Waals surface area (Å²) < 4.78 is 10.1. The molecule has 1 aromatic heterocycles. The molecule has 106 valence electrons. The van der Waals surface area contributed by atoms with Gasteiger partial charge in [0.05, 0.1) is 18.4 Å². The maximum atomic E-state index is 11.1. The molecule has 1 heterocycles. The van der Waals surface area contributed by atoms with Gasteiger partial charge in [-0.1, -0.05) is 5.16 Å². The van der Waals surface area contributed by atoms with Gasteiger partial charge in [0.1, 0.15) is 5.75 Å². The Morgan fingerprint density at radius 2 is 2.30 bits per heavy atom. The second-order valence-corrected chi connectivity index (χ2v) is 4.13. The monoisotopic (exact) mass is 277 g/mol. The number of nitrogens with zero attached hydrogens (tertiary/aromatic N) is 2. The van der Waals surface area contributed by atoms with Crippen molar-refractivity contribution in [2.75, 3.05) is 19.0 Å². The number of hydrogen-bond acceptors (Lipinski definition) is 6. The van der Waals surface area contributed by atoms with Crippen LogP contribution in [0.1, 0.15) is 22.1 Å². The predicted molar refractivity (Wildman–Crippen MR) is 71.2 cm³/mol. The topological polar surface area (TPSA) is 97.5 Å². The van der Waals surface area contributed by atoms with Crippen LogP contribution >= 0.6 is 0 Å². The van der Waals surface area contributed by atoms with Crippen molar-refractivity contribution in [1.29, 1.82) is 0 Å². The zero-order valence-electron chi connectivity index (χ0n) is 11.2. The first-order chi connectivity index (χ1) is 9.60. The molecular formula is C13H15N3O4. The van der Waals surface area contributed by atoms with E-state index in [4.69, 9.17) is 14.4 Å². The average Bonchev–Trinajstić information content (AvgIpc) is 2.84. The molecule has 20 heavy (non-hydrogen) atoms. The number of carboxylic acid groups (broad SMARTS) is 1. The van der Waals surface area contributed by atoms with Crippen LogP contribution in [0.3, 0.4) is 0 Å². The number of aryl methyl sites for hydroxylation is 1. The van der Waals surface area contributed by atoms with Crippen molar-refractivity contribution in [1.82, 2.24) is 10.1 Å². The molecule has 0 amide bonds. The lowest BCUT2D eigenvalue weighted by atomic mass is 10.1. The molecule has 2 N–H and O–H groups in total. The van der Waals surface area contributed by atoms with Crippen LogP contribution in [0.2, 0.25) is 0 Å². The fourth-order valence-corrected chi connectivity index (χ4v) is 1.73. The van der Waals surface area contributed by atoms with E-state index in [0.717, 1.165) is 0 Å². The molecule has 1 aromatic carbocycles. The summed E-state index contributed by atoms with van der Waals surface area (Å²) in [6.45, 7) is 2.22. The van der Waals surface area contributed by atoms with Gasteiger partial charge < -0.3 is 19.7 Å². The Balaban J connectivity index is 2.05. The van der Waals surface area contributed by atoms with E-state index in [2.05, 4.69) is 15.5 Å². The van der Waals surface area contributed by atoms with Gasteiger partial charge in [-0.15, -0.1) is 0 Å². The largest absolute Gasteiger partial charge is 0.497 e. The number of aromatic nitrogens is 2. The number of hydrogen-bond donors (Lipinski definition) is 2. The average molecular weight is 277 g/mol. The van der Waals surface area contributed by atoms with E-state index in [1.54, 1.807) is 19.1 Å². The molecule has 0 aliphatic heterocycles. The number of carbonyl (C=O) groups is 1. The quantitative estimate of drug-likeness (QED) is 0.829. The Morgan fingerprint density at radius 1 is 1.50 bits per heavy atom. The summed E-state index contributed by atoms with van der Waals surface area (Å²) in [6.07, 6.45) is 0.511. The number of ether oxygens (including phenoxy) is 1. The van der Waals surface area contributed by atoms with Gasteiger partial charge in [0.15, 0.2) is 5.82 Å². The van der Waals surface area contributed by atoms with E-state index >= 15 is 0 Å². The van der Waals surface area contributed by atoms with Crippen LogP contribution in [0.4, 0.5) is 5.69 Å². The summed E-state index contributed by atoms with van der Waals surface area (Å²) in [5.41, 5.74) is 0.681. The fourth-order valence-electron chi connectivity index (χ4n) is 1.73. The molecule has 0 aliphatic carbocycles. The van der Waals surface area contributed by atoms with E-state index < -0.39 is 5.97 Å². The first-order valence-electron chi connectivity index (χ1n) is 6.04. The van der Waals surface area contributed by atoms with E-state index in [1.165, 1.54) is 13.2 Å². The molecule has 0 saturated heterocycles. The summed E-state index contributed by atoms with van der Waals surface area (Å²) >= 11 is 0. The molecule has 7 heteroatoms. The number of methoxy groups -OCH3 is 1. The smallest absolute Gasteiger partial charge is 0.337 e. The molecule has 2 rings (SSSR count). The van der Waals surface area contributed by atoms with Crippen molar-refractivity contribution in [3.63, 3.8) is 0 Å². The number of rotatable bonds is 6. The first-order valence-corrected chi connectivity index (χ1v) is 6.04. The number of nitrogens with one attached hydrogen (secondary N) is 1. The van der Waals surface area contributed by atoms with E-state index in [1.807, 2.05) is 0 Å². The van der Waals surface area contributed by atoms with Gasteiger partial charge in [-0.2, -0.15) is 4.98 Å². The minimum Gasteiger partial charge on any atom is -0.497 e. The van der Waals surface area contributed by atoms with Gasteiger partial charge in [0.25, 0.3) is 0 Å². The van der Waals surface area contributed by atoms with Crippen molar-refractivity contribution >= 4 is 11.7 Å². The molecule has 0 spiro atoms. The molecule has 0 radical (unpaired) electrons. The third-order valence-corrected chi connectivity index (χ3v) is 2.68. The Bertz CT molecular complexity index is 609. The van der Waals surface area contributed by atoms with Crippen LogP contribution in [0.15, 0.2) is 22.7 Å². The summed E-state index contributed by atoms with van der Waals surface area (Å²) in [4.78, 5) is 15.2. The summed E-state index contributed by atoms with van der Waals surface area (Å²) in [7, 11) is 1.53. The minimum atomic E-state index is -0.996. The van der Waals surface area contributed by atoms with Crippen molar-refractivity contribution in [2.24, 2.45) is 0 Å².